The van der Waals surface area contributed by atoms with Crippen LogP contribution in [-0.4, -0.2) is 34.0 Å². The Morgan fingerprint density at radius 2 is 1.71 bits per heavy atom. The number of carbonyl (C=O) groups excluding carboxylic acids is 1. The maximum absolute atomic E-state index is 13.2. The summed E-state index contributed by atoms with van der Waals surface area (Å²) in [6, 6.07) is 7.61. The monoisotopic (exact) mass is 503 g/mol. The van der Waals surface area contributed by atoms with Gasteiger partial charge in [-0.05, 0) is 43.2 Å². The van der Waals surface area contributed by atoms with Gasteiger partial charge in [0, 0.05) is 29.2 Å². The van der Waals surface area contributed by atoms with Crippen LogP contribution in [0.1, 0.15) is 46.1 Å². The number of hydrogen-bond acceptors (Lipinski definition) is 4. The van der Waals surface area contributed by atoms with Gasteiger partial charge in [-0.15, -0.1) is 0 Å². The summed E-state index contributed by atoms with van der Waals surface area (Å²) in [5.41, 5.74) is -3.16. The summed E-state index contributed by atoms with van der Waals surface area (Å²) in [7, 11) is 0. The molecule has 1 unspecified atom stereocenters. The molecular weight excluding hydrogens is 488 g/mol. The molecule has 0 saturated carbocycles. The van der Waals surface area contributed by atoms with E-state index in [2.05, 4.69) is 10.1 Å². The lowest BCUT2D eigenvalue weighted by atomic mass is 9.96. The number of amides is 1. The molecule has 0 N–H and O–H groups in total. The molecule has 12 heteroatoms. The van der Waals surface area contributed by atoms with Crippen LogP contribution in [0, 0.1) is 0 Å². The Hall–Kier alpha value is -3.08. The highest BCUT2D eigenvalue weighted by Gasteiger charge is 2.38. The fraction of sp³-hybridized carbons (Fsp3) is 0.318. The molecule has 2 aromatic carbocycles. The van der Waals surface area contributed by atoms with E-state index in [1.807, 2.05) is 0 Å². The number of likely N-dealkylation sites (tertiary alicyclic amines) is 1. The number of benzene rings is 2. The van der Waals surface area contributed by atoms with Crippen molar-refractivity contribution >= 4 is 17.5 Å². The van der Waals surface area contributed by atoms with Crippen molar-refractivity contribution in [1.82, 2.24) is 15.0 Å². The second-order valence-corrected chi connectivity index (χ2v) is 8.29. The van der Waals surface area contributed by atoms with Crippen molar-refractivity contribution in [3.63, 3.8) is 0 Å². The lowest BCUT2D eigenvalue weighted by Gasteiger charge is -2.31. The van der Waals surface area contributed by atoms with E-state index in [0.717, 1.165) is 0 Å². The van der Waals surface area contributed by atoms with Gasteiger partial charge in [0.05, 0.1) is 17.0 Å². The average Bonchev–Trinajstić information content (AvgIpc) is 3.28. The van der Waals surface area contributed by atoms with Gasteiger partial charge >= 0.3 is 12.4 Å². The van der Waals surface area contributed by atoms with Gasteiger partial charge in [-0.25, -0.2) is 0 Å². The van der Waals surface area contributed by atoms with Gasteiger partial charge in [0.25, 0.3) is 5.91 Å². The van der Waals surface area contributed by atoms with Crippen molar-refractivity contribution < 1.29 is 35.7 Å². The lowest BCUT2D eigenvalue weighted by molar-refractivity contribution is -0.143. The maximum atomic E-state index is 13.2. The Bertz CT molecular complexity index is 1180. The summed E-state index contributed by atoms with van der Waals surface area (Å²) in [6.07, 6.45) is -9.07. The minimum Gasteiger partial charge on any atom is -0.339 e. The van der Waals surface area contributed by atoms with Crippen molar-refractivity contribution in [2.75, 3.05) is 13.1 Å². The number of carbonyl (C=O) groups is 1. The molecule has 3 aromatic rings. The molecule has 4 rings (SSSR count). The molecule has 0 aliphatic carbocycles. The van der Waals surface area contributed by atoms with Crippen LogP contribution in [-0.2, 0) is 12.4 Å². The smallest absolute Gasteiger partial charge is 0.339 e. The average molecular weight is 504 g/mol. The third-order valence-electron chi connectivity index (χ3n) is 5.42. The van der Waals surface area contributed by atoms with Gasteiger partial charge in [0.1, 0.15) is 0 Å². The number of aromatic nitrogens is 2. The van der Waals surface area contributed by atoms with Crippen LogP contribution in [0.25, 0.3) is 11.4 Å². The SMILES string of the molecule is O=C(c1cc(C(F)(F)F)cc(C(F)(F)F)c1)N1CCCC(c2nc(-c3cccc(Cl)c3)no2)C1. The number of rotatable bonds is 3. The van der Waals surface area contributed by atoms with Gasteiger partial charge in [-0.1, -0.05) is 28.9 Å². The van der Waals surface area contributed by atoms with E-state index in [1.54, 1.807) is 24.3 Å². The van der Waals surface area contributed by atoms with Crippen molar-refractivity contribution in [3.05, 3.63) is 70.1 Å². The molecule has 1 atom stereocenters. The highest BCUT2D eigenvalue weighted by molar-refractivity contribution is 6.30. The molecule has 2 heterocycles. The van der Waals surface area contributed by atoms with E-state index in [1.165, 1.54) is 4.90 Å². The molecule has 1 amide bonds. The van der Waals surface area contributed by atoms with E-state index in [0.29, 0.717) is 35.6 Å². The summed E-state index contributed by atoms with van der Waals surface area (Å²) in [5.74, 6) is -0.872. The van der Waals surface area contributed by atoms with Gasteiger partial charge in [-0.3, -0.25) is 4.79 Å². The van der Waals surface area contributed by atoms with Crippen molar-refractivity contribution in [2.24, 2.45) is 0 Å². The van der Waals surface area contributed by atoms with Crippen LogP contribution >= 0.6 is 11.6 Å². The standard InChI is InChI=1S/C22H16ClF6N3O2/c23-17-5-1-3-12(9-17)18-30-19(34-31-18)13-4-2-6-32(11-13)20(33)14-7-15(21(24,25)26)10-16(8-14)22(27,28)29/h1,3,5,7-10,13H,2,4,6,11H2. The number of nitrogens with zero attached hydrogens (tertiary/aromatic N) is 3. The number of hydrogen-bond donors (Lipinski definition) is 0. The molecular formula is C22H16ClF6N3O2. The number of piperidine rings is 1. The zero-order valence-corrected chi connectivity index (χ0v) is 18.0. The minimum absolute atomic E-state index is 0.00755. The zero-order chi connectivity index (χ0) is 24.7. The molecule has 1 fully saturated rings. The molecule has 1 saturated heterocycles. The molecule has 34 heavy (non-hydrogen) atoms. The first-order chi connectivity index (χ1) is 15.9. The Morgan fingerprint density at radius 3 is 2.32 bits per heavy atom. The van der Waals surface area contributed by atoms with E-state index in [-0.39, 0.29) is 30.9 Å². The van der Waals surface area contributed by atoms with Crippen molar-refractivity contribution in [1.29, 1.82) is 0 Å². The van der Waals surface area contributed by atoms with Gasteiger partial charge in [0.2, 0.25) is 11.7 Å². The topological polar surface area (TPSA) is 59.2 Å². The van der Waals surface area contributed by atoms with Gasteiger partial charge < -0.3 is 9.42 Å². The Balaban J connectivity index is 1.58. The predicted molar refractivity (Wildman–Crippen MR) is 109 cm³/mol. The summed E-state index contributed by atoms with van der Waals surface area (Å²) in [5, 5.41) is 4.38. The summed E-state index contributed by atoms with van der Waals surface area (Å²) < 4.78 is 84.3. The fourth-order valence-electron chi connectivity index (χ4n) is 3.77. The minimum atomic E-state index is -5.04. The van der Waals surface area contributed by atoms with Crippen LogP contribution in [0.4, 0.5) is 26.3 Å². The first-order valence-corrected chi connectivity index (χ1v) is 10.5. The van der Waals surface area contributed by atoms with Crippen LogP contribution in [0.3, 0.4) is 0 Å². The third-order valence-corrected chi connectivity index (χ3v) is 5.65. The van der Waals surface area contributed by atoms with E-state index >= 15 is 0 Å². The first kappa shape index (κ1) is 24.1. The highest BCUT2D eigenvalue weighted by Crippen LogP contribution is 2.37. The van der Waals surface area contributed by atoms with E-state index in [4.69, 9.17) is 16.1 Å². The van der Waals surface area contributed by atoms with Gasteiger partial charge in [-0.2, -0.15) is 31.3 Å². The predicted octanol–water partition coefficient (Wildman–Crippen LogP) is 6.45. The second kappa shape index (κ2) is 8.94. The molecule has 180 valence electrons. The largest absolute Gasteiger partial charge is 0.416 e. The zero-order valence-electron chi connectivity index (χ0n) is 17.3. The molecule has 1 aliphatic heterocycles. The number of halogens is 7. The Morgan fingerprint density at radius 1 is 1.03 bits per heavy atom. The van der Waals surface area contributed by atoms with Crippen LogP contribution in [0.15, 0.2) is 47.0 Å². The van der Waals surface area contributed by atoms with Crippen molar-refractivity contribution in [3.8, 4) is 11.4 Å². The van der Waals surface area contributed by atoms with Crippen LogP contribution in [0.2, 0.25) is 5.02 Å². The first-order valence-electron chi connectivity index (χ1n) is 10.1. The second-order valence-electron chi connectivity index (χ2n) is 7.85. The lowest BCUT2D eigenvalue weighted by Crippen LogP contribution is -2.39. The summed E-state index contributed by atoms with van der Waals surface area (Å²) in [6.45, 7) is 0.176. The molecule has 0 spiro atoms. The molecule has 1 aromatic heterocycles. The Labute approximate surface area is 194 Å². The van der Waals surface area contributed by atoms with Crippen LogP contribution in [0.5, 0.6) is 0 Å². The molecule has 0 radical (unpaired) electrons. The normalized spacial score (nSPS) is 17.1. The van der Waals surface area contributed by atoms with Gasteiger partial charge in [0.15, 0.2) is 0 Å². The Kier molecular flexibility index (Phi) is 6.32. The maximum Gasteiger partial charge on any atom is 0.416 e. The van der Waals surface area contributed by atoms with Crippen LogP contribution < -0.4 is 0 Å². The number of alkyl halides is 6. The van der Waals surface area contributed by atoms with E-state index < -0.39 is 40.9 Å². The quantitative estimate of drug-likeness (QED) is 0.386. The molecule has 0 bridgehead atoms. The summed E-state index contributed by atoms with van der Waals surface area (Å²) in [4.78, 5) is 18.4. The molecule has 1 aliphatic rings. The summed E-state index contributed by atoms with van der Waals surface area (Å²) >= 11 is 5.97. The van der Waals surface area contributed by atoms with E-state index in [9.17, 15) is 31.1 Å². The fourth-order valence-corrected chi connectivity index (χ4v) is 3.96. The highest BCUT2D eigenvalue weighted by atomic mass is 35.5. The molecule has 5 nitrogen and oxygen atoms in total. The van der Waals surface area contributed by atoms with Crippen molar-refractivity contribution in [2.45, 2.75) is 31.1 Å². The third kappa shape index (κ3) is 5.19.